The first-order chi connectivity index (χ1) is 53.0. The average Bonchev–Trinajstić information content (AvgIpc) is 1.62. The van der Waals surface area contributed by atoms with Crippen LogP contribution in [0.4, 0.5) is 13.2 Å². The lowest BCUT2D eigenvalue weighted by molar-refractivity contribution is -0.126. The molecule has 0 aliphatic carbocycles. The number of ketones is 2. The Morgan fingerprint density at radius 1 is 0.432 bits per heavy atom. The maximum absolute atomic E-state index is 13.8. The lowest BCUT2D eigenvalue weighted by Crippen LogP contribution is -2.57. The Bertz CT molecular complexity index is 4930. The number of hydrogen-bond acceptors (Lipinski definition) is 12. The predicted octanol–water partition coefficient (Wildman–Crippen LogP) is 14.2. The van der Waals surface area contributed by atoms with Crippen LogP contribution in [0.25, 0.3) is 32.7 Å². The van der Waals surface area contributed by atoms with Gasteiger partial charge >= 0.3 is 0 Å². The maximum Gasteiger partial charge on any atom is 0.295 e. The number of fused-ring (bicyclic) bond motifs is 3. The second kappa shape index (κ2) is 35.3. The number of benzene rings is 6. The number of nitrogens with two attached hydrogens (primary N) is 1. The van der Waals surface area contributed by atoms with E-state index >= 15 is 0 Å². The largest absolute Gasteiger partial charge is 0.359 e. The van der Waals surface area contributed by atoms with Gasteiger partial charge in [-0.15, -0.1) is 0 Å². The van der Waals surface area contributed by atoms with Crippen molar-refractivity contribution in [1.82, 2.24) is 59.2 Å². The van der Waals surface area contributed by atoms with Crippen LogP contribution in [0.3, 0.4) is 0 Å². The summed E-state index contributed by atoms with van der Waals surface area (Å²) in [5, 5.41) is 6.18. The molecule has 20 nitrogen and oxygen atoms in total. The summed E-state index contributed by atoms with van der Waals surface area (Å²) in [7, 11) is 0. The molecule has 0 spiro atoms. The van der Waals surface area contributed by atoms with Gasteiger partial charge in [-0.3, -0.25) is 52.9 Å². The fourth-order valence-electron chi connectivity index (χ4n) is 16.2. The van der Waals surface area contributed by atoms with Crippen molar-refractivity contribution in [2.75, 3.05) is 84.4 Å². The van der Waals surface area contributed by atoms with Gasteiger partial charge < -0.3 is 45.6 Å². The minimum absolute atomic E-state index is 0.0310. The third-order valence-electron chi connectivity index (χ3n) is 22.6. The number of hydrogen-bond donors (Lipinski definition) is 4. The summed E-state index contributed by atoms with van der Waals surface area (Å²) in [5.41, 5.74) is 8.83. The number of halogens is 6. The summed E-state index contributed by atoms with van der Waals surface area (Å²) in [4.78, 5) is 115. The van der Waals surface area contributed by atoms with Crippen LogP contribution in [-0.4, -0.2) is 210 Å². The number of piperazine rings is 3. The zero-order valence-electron chi connectivity index (χ0n) is 64.5. The van der Waals surface area contributed by atoms with E-state index in [1.807, 2.05) is 60.9 Å². The van der Waals surface area contributed by atoms with Crippen molar-refractivity contribution in [1.29, 1.82) is 0 Å². The summed E-state index contributed by atoms with van der Waals surface area (Å²) in [6.07, 6.45) is 6.32. The Balaban J connectivity index is 0.000000151. The van der Waals surface area contributed by atoms with Crippen LogP contribution in [-0.2, 0) is 29.2 Å². The Labute approximate surface area is 661 Å². The number of likely N-dealkylation sites (tertiary alicyclic amines) is 2. The Hall–Kier alpha value is -9.07. The zero-order chi connectivity index (χ0) is 79.4. The van der Waals surface area contributed by atoms with Crippen LogP contribution in [0.15, 0.2) is 115 Å². The number of carbonyl (C=O) groups is 7. The second-order valence-electron chi connectivity index (χ2n) is 30.8. The normalized spacial score (nSPS) is 20.4. The lowest BCUT2D eigenvalue weighted by atomic mass is 10.0. The van der Waals surface area contributed by atoms with Crippen LogP contribution in [0, 0.1) is 38.2 Å². The molecular formula is C85H99Cl3F3N13O7. The first kappa shape index (κ1) is 81.4. The van der Waals surface area contributed by atoms with Crippen LogP contribution >= 0.6 is 34.8 Å². The Morgan fingerprint density at radius 3 is 1.20 bits per heavy atom. The molecule has 3 aromatic heterocycles. The first-order valence-electron chi connectivity index (χ1n) is 38.5. The molecular weight excluding hydrogens is 1480 g/mol. The van der Waals surface area contributed by atoms with E-state index in [1.54, 1.807) is 77.1 Å². The van der Waals surface area contributed by atoms with E-state index in [9.17, 15) is 46.7 Å². The van der Waals surface area contributed by atoms with Crippen molar-refractivity contribution in [3.8, 4) is 0 Å². The van der Waals surface area contributed by atoms with Gasteiger partial charge in [0.15, 0.2) is 0 Å². The van der Waals surface area contributed by atoms with E-state index in [0.29, 0.717) is 132 Å². The Kier molecular flexibility index (Phi) is 25.9. The highest BCUT2D eigenvalue weighted by molar-refractivity contribution is 6.46. The molecule has 0 saturated carbocycles. The third kappa shape index (κ3) is 18.4. The molecule has 9 aromatic rings. The third-order valence-corrected chi connectivity index (χ3v) is 23.5. The molecule has 6 atom stereocenters. The number of rotatable bonds is 13. The molecule has 5 N–H and O–H groups in total. The van der Waals surface area contributed by atoms with Gasteiger partial charge in [-0.1, -0.05) is 71.2 Å². The van der Waals surface area contributed by atoms with E-state index < -0.39 is 23.4 Å². The van der Waals surface area contributed by atoms with Crippen molar-refractivity contribution in [3.63, 3.8) is 0 Å². The fourth-order valence-corrected chi connectivity index (χ4v) is 16.9. The van der Waals surface area contributed by atoms with Crippen LogP contribution in [0.5, 0.6) is 0 Å². The number of nitrogens with one attached hydrogen (secondary N) is 3. The van der Waals surface area contributed by atoms with Crippen molar-refractivity contribution in [2.45, 2.75) is 157 Å². The molecule has 15 rings (SSSR count). The predicted molar refractivity (Wildman–Crippen MR) is 431 cm³/mol. The molecule has 6 aromatic carbocycles. The molecule has 0 radical (unpaired) electrons. The number of aromatic nitrogens is 3. The SMILES string of the molecule is C1CCNC1.Cc1[nH]c2cc(Cl)c(C(=O)N3C[C@H](C)N(Cc4ccc(F)cc4)C[C@H]3C)cc2c1C(=O)C(=O)N1CCCC1.Cc1c(C(=O)C(=O)N2CCCC2)c2cc(C(=O)N3C[C@H](C)N(Cc4ccc(F)cc4)C[C@H]3C)c(Cl)cc2n1N.Cc1cc2cc(C(=O)N3C[C@H](C)N(Cc4ccc(F)cc4)C[C@H]3C)c(Cl)cc2[nH]1. The molecule has 111 heavy (non-hydrogen) atoms. The van der Waals surface area contributed by atoms with E-state index in [-0.39, 0.29) is 87.6 Å². The van der Waals surface area contributed by atoms with Gasteiger partial charge in [-0.2, -0.15) is 0 Å². The van der Waals surface area contributed by atoms with Gasteiger partial charge in [0.1, 0.15) is 17.5 Å². The summed E-state index contributed by atoms with van der Waals surface area (Å²) >= 11 is 19.7. The van der Waals surface area contributed by atoms with E-state index in [4.69, 9.17) is 40.6 Å². The van der Waals surface area contributed by atoms with E-state index in [1.165, 1.54) is 67.0 Å². The highest BCUT2D eigenvalue weighted by atomic mass is 35.5. The molecule has 9 heterocycles. The van der Waals surface area contributed by atoms with Gasteiger partial charge in [0, 0.05) is 166 Å². The topological polar surface area (TPSA) is 220 Å². The highest BCUT2D eigenvalue weighted by Crippen LogP contribution is 2.36. The van der Waals surface area contributed by atoms with Gasteiger partial charge in [0.2, 0.25) is 0 Å². The standard InChI is InChI=1S/C29H33ClFN5O3.C29H32ClFN4O3.C23H25ClFN3O.C4H9N/c1-17-15-35(18(2)14-34(17)16-20-6-8-21(31)9-7-20)28(38)22-12-23-25(13-24(22)30)36(32)19(3)26(23)27(37)29(39)33-10-4-5-11-33;1-17-15-35(18(2)14-34(17)16-20-6-8-21(31)9-7-20)28(37)22-12-23-25(13-24(22)30)32-19(3)26(23)27(36)29(38)33-10-4-5-11-33;1-14-8-18-9-20(21(24)10-22(18)26-14)23(29)28-12-15(2)27(11-16(28)3)13-17-4-6-19(25)7-5-17;1-2-4-5-3-1/h6-9,12-13,17-18H,4-5,10-11,14-16,32H2,1-3H3;6-9,12-13,17-18,32H,4-5,10-11,14-16H2,1-3H3;4-10,15-16,26H,11-13H2,1-3H3;5H,1-4H2/t2*17-,18+;15-,16+;/m000./s1. The average molecular weight is 1580 g/mol. The lowest BCUT2D eigenvalue weighted by Gasteiger charge is -2.44. The molecule has 6 aliphatic rings. The molecule has 5 amide bonds. The van der Waals surface area contributed by atoms with Crippen LogP contribution in [0.1, 0.15) is 166 Å². The van der Waals surface area contributed by atoms with Gasteiger partial charge in [0.05, 0.1) is 48.4 Å². The fraction of sp³-hybridized carbons (Fsp3) is 0.424. The van der Waals surface area contributed by atoms with Crippen LogP contribution < -0.4 is 11.2 Å². The molecule has 588 valence electrons. The van der Waals surface area contributed by atoms with Crippen molar-refractivity contribution in [3.05, 3.63) is 209 Å². The molecule has 6 aliphatic heterocycles. The number of aromatic amines is 2. The van der Waals surface area contributed by atoms with E-state index in [0.717, 1.165) is 72.1 Å². The first-order valence-corrected chi connectivity index (χ1v) is 39.6. The second-order valence-corrected chi connectivity index (χ2v) is 32.0. The minimum atomic E-state index is -0.624. The smallest absolute Gasteiger partial charge is 0.295 e. The molecule has 0 bridgehead atoms. The number of H-pyrrole nitrogens is 2. The number of nitrogens with zero attached hydrogens (tertiary/aromatic N) is 9. The number of carbonyl (C=O) groups excluding carboxylic acids is 7. The van der Waals surface area contributed by atoms with Crippen molar-refractivity contribution in [2.24, 2.45) is 0 Å². The number of aryl methyl sites for hydroxylation is 2. The quantitative estimate of drug-likeness (QED) is 0.0481. The van der Waals surface area contributed by atoms with Gasteiger partial charge in [-0.25, -0.2) is 13.2 Å². The maximum atomic E-state index is 13.8. The summed E-state index contributed by atoms with van der Waals surface area (Å²) in [6.45, 7) is 28.2. The highest BCUT2D eigenvalue weighted by Gasteiger charge is 2.39. The summed E-state index contributed by atoms with van der Waals surface area (Å²) in [5.74, 6) is 2.78. The molecule has 26 heteroatoms. The minimum Gasteiger partial charge on any atom is -0.359 e. The summed E-state index contributed by atoms with van der Waals surface area (Å²) < 4.78 is 41.1. The van der Waals surface area contributed by atoms with Crippen LogP contribution in [0.2, 0.25) is 15.1 Å². The molecule has 6 fully saturated rings. The van der Waals surface area contributed by atoms with Gasteiger partial charge in [0.25, 0.3) is 41.1 Å². The zero-order valence-corrected chi connectivity index (χ0v) is 66.8. The monoisotopic (exact) mass is 1580 g/mol. The van der Waals surface area contributed by atoms with E-state index in [2.05, 4.69) is 57.7 Å². The summed E-state index contributed by atoms with van der Waals surface area (Å²) in [6, 6.07) is 32.0. The number of amides is 5. The van der Waals surface area contributed by atoms with Gasteiger partial charge in [-0.05, 0) is 209 Å². The Morgan fingerprint density at radius 2 is 0.802 bits per heavy atom. The van der Waals surface area contributed by atoms with Crippen molar-refractivity contribution < 1.29 is 46.7 Å². The van der Waals surface area contributed by atoms with Crippen molar-refractivity contribution >= 4 is 109 Å². The number of Topliss-reactive ketones (excluding diaryl/α,β-unsaturated/α-hetero) is 2. The molecule has 0 unspecified atom stereocenters. The molecule has 6 saturated heterocycles. The number of nitrogen functional groups attached to an aromatic ring is 1.